The number of carbonyl (C=O) groups excluding carboxylic acids is 2. The van der Waals surface area contributed by atoms with Crippen molar-refractivity contribution in [1.29, 1.82) is 0 Å². The van der Waals surface area contributed by atoms with Crippen molar-refractivity contribution >= 4 is 23.7 Å². The summed E-state index contributed by atoms with van der Waals surface area (Å²) in [5.74, 6) is -0.630. The van der Waals surface area contributed by atoms with E-state index in [-0.39, 0.29) is 24.0 Å². The number of aromatic hydroxyl groups is 1. The number of phenolic OH excluding ortho intramolecular Hbond substituents is 1. The average Bonchev–Trinajstić information content (AvgIpc) is 3.11. The van der Waals surface area contributed by atoms with Crippen LogP contribution in [-0.2, 0) is 16.0 Å². The first kappa shape index (κ1) is 19.4. The lowest BCUT2D eigenvalue weighted by molar-refractivity contribution is -0.126. The van der Waals surface area contributed by atoms with Crippen LogP contribution in [-0.4, -0.2) is 36.8 Å². The van der Waals surface area contributed by atoms with Crippen molar-refractivity contribution in [2.24, 2.45) is 11.0 Å². The van der Waals surface area contributed by atoms with Gasteiger partial charge < -0.3 is 14.7 Å². The van der Waals surface area contributed by atoms with Crippen molar-refractivity contribution < 1.29 is 19.4 Å². The Labute approximate surface area is 163 Å². The van der Waals surface area contributed by atoms with Gasteiger partial charge in [0.25, 0.3) is 0 Å². The molecule has 2 aromatic carbocycles. The lowest BCUT2D eigenvalue weighted by Crippen LogP contribution is -2.30. The second-order valence-electron chi connectivity index (χ2n) is 6.56. The number of carbonyl (C=O) groups is 2. The molecule has 1 aliphatic rings. The van der Waals surface area contributed by atoms with E-state index in [2.05, 4.69) is 17.5 Å². The Bertz CT molecular complexity index is 893. The number of benzene rings is 2. The molecule has 7 heteroatoms. The number of hydrogen-bond acceptors (Lipinski definition) is 5. The first-order valence-electron chi connectivity index (χ1n) is 9.11. The molecule has 0 radical (unpaired) electrons. The van der Waals surface area contributed by atoms with Crippen molar-refractivity contribution in [2.75, 3.05) is 18.6 Å². The van der Waals surface area contributed by atoms with Crippen LogP contribution < -0.4 is 15.1 Å². The van der Waals surface area contributed by atoms with Gasteiger partial charge in [0.2, 0.25) is 11.8 Å². The highest BCUT2D eigenvalue weighted by molar-refractivity contribution is 6.00. The van der Waals surface area contributed by atoms with Gasteiger partial charge in [0, 0.05) is 24.2 Å². The Hall–Kier alpha value is -3.35. The molecule has 2 N–H and O–H groups in total. The van der Waals surface area contributed by atoms with Gasteiger partial charge in [-0.3, -0.25) is 9.59 Å². The fourth-order valence-electron chi connectivity index (χ4n) is 3.11. The molecule has 1 atom stereocenters. The van der Waals surface area contributed by atoms with E-state index in [1.165, 1.54) is 18.9 Å². The van der Waals surface area contributed by atoms with Crippen molar-refractivity contribution in [3.63, 3.8) is 0 Å². The highest BCUT2D eigenvalue weighted by Gasteiger charge is 2.35. The predicted octanol–water partition coefficient (Wildman–Crippen LogP) is 2.47. The highest BCUT2D eigenvalue weighted by atomic mass is 16.5. The van der Waals surface area contributed by atoms with Crippen LogP contribution in [0.4, 0.5) is 5.69 Å². The first-order valence-corrected chi connectivity index (χ1v) is 9.11. The van der Waals surface area contributed by atoms with E-state index in [0.29, 0.717) is 17.9 Å². The minimum absolute atomic E-state index is 0.0549. The Balaban J connectivity index is 1.61. The summed E-state index contributed by atoms with van der Waals surface area (Å²) in [5, 5.41) is 13.9. The Morgan fingerprint density at radius 2 is 2.07 bits per heavy atom. The molecule has 2 aromatic rings. The van der Waals surface area contributed by atoms with E-state index in [0.717, 1.165) is 12.1 Å². The largest absolute Gasteiger partial charge is 0.504 e. The SMILES string of the molecule is CCc1ccc(N2C[C@H](C(=O)N/N=C/c3cccc(OC)c3O)CC2=O)cc1. The number of nitrogens with zero attached hydrogens (tertiary/aromatic N) is 2. The molecule has 0 bridgehead atoms. The van der Waals surface area contributed by atoms with Gasteiger partial charge in [-0.05, 0) is 36.2 Å². The van der Waals surface area contributed by atoms with Crippen LogP contribution in [0, 0.1) is 5.92 Å². The van der Waals surface area contributed by atoms with Gasteiger partial charge in [-0.2, -0.15) is 5.10 Å². The van der Waals surface area contributed by atoms with Crippen molar-refractivity contribution in [3.8, 4) is 11.5 Å². The van der Waals surface area contributed by atoms with Gasteiger partial charge in [-0.15, -0.1) is 0 Å². The number of hydrazone groups is 1. The van der Waals surface area contributed by atoms with E-state index in [1.807, 2.05) is 24.3 Å². The molecule has 1 fully saturated rings. The standard InChI is InChI=1S/C21H23N3O4/c1-3-14-7-9-17(10-8-14)24-13-16(11-19(24)25)21(27)23-22-12-15-5-4-6-18(28-2)20(15)26/h4-10,12,16,26H,3,11,13H2,1-2H3,(H,23,27)/b22-12+/t16-/m1/s1. The third-order valence-corrected chi connectivity index (χ3v) is 4.78. The first-order chi connectivity index (χ1) is 13.5. The number of phenols is 1. The molecule has 0 saturated carbocycles. The monoisotopic (exact) mass is 381 g/mol. The summed E-state index contributed by atoms with van der Waals surface area (Å²) in [4.78, 5) is 26.3. The number of ether oxygens (including phenoxy) is 1. The van der Waals surface area contributed by atoms with Gasteiger partial charge in [0.05, 0.1) is 19.2 Å². The topological polar surface area (TPSA) is 91.2 Å². The predicted molar refractivity (Wildman–Crippen MR) is 107 cm³/mol. The molecule has 2 amide bonds. The molecular formula is C21H23N3O4. The molecule has 0 aliphatic carbocycles. The molecule has 1 heterocycles. The molecular weight excluding hydrogens is 358 g/mol. The number of methoxy groups -OCH3 is 1. The minimum atomic E-state index is -0.477. The summed E-state index contributed by atoms with van der Waals surface area (Å²) in [6, 6.07) is 12.8. The van der Waals surface area contributed by atoms with Gasteiger partial charge >= 0.3 is 0 Å². The van der Waals surface area contributed by atoms with Crippen LogP contribution in [0.25, 0.3) is 0 Å². The maximum absolute atomic E-state index is 12.4. The molecule has 1 saturated heterocycles. The summed E-state index contributed by atoms with van der Waals surface area (Å²) in [6.07, 6.45) is 2.41. The van der Waals surface area contributed by atoms with Crippen molar-refractivity contribution in [2.45, 2.75) is 19.8 Å². The maximum atomic E-state index is 12.4. The van der Waals surface area contributed by atoms with Crippen LogP contribution in [0.1, 0.15) is 24.5 Å². The lowest BCUT2D eigenvalue weighted by atomic mass is 10.1. The fraction of sp³-hybridized carbons (Fsp3) is 0.286. The van der Waals surface area contributed by atoms with E-state index in [4.69, 9.17) is 4.74 Å². The number of para-hydroxylation sites is 1. The second-order valence-corrected chi connectivity index (χ2v) is 6.56. The number of aryl methyl sites for hydroxylation is 1. The Kier molecular flexibility index (Phi) is 5.93. The summed E-state index contributed by atoms with van der Waals surface area (Å²) >= 11 is 0. The lowest BCUT2D eigenvalue weighted by Gasteiger charge is -2.16. The second kappa shape index (κ2) is 8.56. The average molecular weight is 381 g/mol. The molecule has 1 aliphatic heterocycles. The maximum Gasteiger partial charge on any atom is 0.245 e. The molecule has 0 aromatic heterocycles. The van der Waals surface area contributed by atoms with Crippen LogP contribution in [0.2, 0.25) is 0 Å². The Morgan fingerprint density at radius 1 is 1.32 bits per heavy atom. The van der Waals surface area contributed by atoms with Gasteiger partial charge in [0.15, 0.2) is 11.5 Å². The molecule has 3 rings (SSSR count). The molecule has 7 nitrogen and oxygen atoms in total. The number of rotatable bonds is 6. The van der Waals surface area contributed by atoms with Crippen LogP contribution in [0.15, 0.2) is 47.6 Å². The summed E-state index contributed by atoms with van der Waals surface area (Å²) in [6.45, 7) is 2.39. The molecule has 28 heavy (non-hydrogen) atoms. The molecule has 0 spiro atoms. The molecule has 0 unspecified atom stereocenters. The summed E-state index contributed by atoms with van der Waals surface area (Å²) < 4.78 is 5.03. The van der Waals surface area contributed by atoms with Crippen molar-refractivity contribution in [1.82, 2.24) is 5.43 Å². The van der Waals surface area contributed by atoms with Gasteiger partial charge in [0.1, 0.15) is 0 Å². The van der Waals surface area contributed by atoms with Gasteiger partial charge in [-0.25, -0.2) is 5.43 Å². The Morgan fingerprint density at radius 3 is 2.75 bits per heavy atom. The zero-order valence-corrected chi connectivity index (χ0v) is 15.9. The normalized spacial score (nSPS) is 16.6. The third-order valence-electron chi connectivity index (χ3n) is 4.78. The third kappa shape index (κ3) is 4.14. The minimum Gasteiger partial charge on any atom is -0.504 e. The fourth-order valence-corrected chi connectivity index (χ4v) is 3.11. The van der Waals surface area contributed by atoms with E-state index >= 15 is 0 Å². The van der Waals surface area contributed by atoms with Crippen LogP contribution in [0.5, 0.6) is 11.5 Å². The summed E-state index contributed by atoms with van der Waals surface area (Å²) in [7, 11) is 1.45. The number of hydrogen-bond donors (Lipinski definition) is 2. The number of anilines is 1. The highest BCUT2D eigenvalue weighted by Crippen LogP contribution is 2.28. The van der Waals surface area contributed by atoms with Gasteiger partial charge in [-0.1, -0.05) is 25.1 Å². The molecule has 146 valence electrons. The summed E-state index contributed by atoms with van der Waals surface area (Å²) in [5.41, 5.74) is 4.85. The zero-order chi connectivity index (χ0) is 20.1. The number of amides is 2. The smallest absolute Gasteiger partial charge is 0.245 e. The van der Waals surface area contributed by atoms with Crippen LogP contribution >= 0.6 is 0 Å². The zero-order valence-electron chi connectivity index (χ0n) is 15.9. The van der Waals surface area contributed by atoms with Crippen molar-refractivity contribution in [3.05, 3.63) is 53.6 Å². The quantitative estimate of drug-likeness (QED) is 0.594. The number of nitrogens with one attached hydrogen (secondary N) is 1. The van der Waals surface area contributed by atoms with E-state index in [1.54, 1.807) is 23.1 Å². The van der Waals surface area contributed by atoms with E-state index in [9.17, 15) is 14.7 Å². The van der Waals surface area contributed by atoms with E-state index < -0.39 is 5.92 Å². The van der Waals surface area contributed by atoms with Crippen LogP contribution in [0.3, 0.4) is 0 Å².